The standard InChI is InChI=1S/C25H25N3O4S/c1-3-8-18-12-13-21(23(15-18)30-2)32-16-20(29)17-33-25-27-26-24(22-11-7-14-31-22)28(25)19-9-5-4-6-10-19/h3-7,9-15,20,29H,1,8,16-17H2,2H3. The number of thioether (sulfide) groups is 1. The predicted molar refractivity (Wildman–Crippen MR) is 128 cm³/mol. The molecule has 0 spiro atoms. The van der Waals surface area contributed by atoms with E-state index >= 15 is 0 Å². The lowest BCUT2D eigenvalue weighted by atomic mass is 10.1. The molecule has 7 nitrogen and oxygen atoms in total. The van der Waals surface area contributed by atoms with Gasteiger partial charge in [0.15, 0.2) is 22.4 Å². The molecule has 4 aromatic rings. The Bertz CT molecular complexity index is 1180. The number of allylic oxidation sites excluding steroid dienone is 1. The van der Waals surface area contributed by atoms with Gasteiger partial charge in [-0.05, 0) is 48.4 Å². The van der Waals surface area contributed by atoms with Crippen LogP contribution in [0.5, 0.6) is 11.5 Å². The Morgan fingerprint density at radius 2 is 1.97 bits per heavy atom. The highest BCUT2D eigenvalue weighted by Gasteiger charge is 2.19. The predicted octanol–water partition coefficient (Wildman–Crippen LogP) is 4.80. The van der Waals surface area contributed by atoms with Crippen molar-refractivity contribution in [2.45, 2.75) is 17.7 Å². The van der Waals surface area contributed by atoms with Gasteiger partial charge in [-0.15, -0.1) is 16.8 Å². The van der Waals surface area contributed by atoms with E-state index in [2.05, 4.69) is 16.8 Å². The minimum Gasteiger partial charge on any atom is -0.493 e. The molecule has 8 heteroatoms. The normalized spacial score (nSPS) is 11.8. The van der Waals surface area contributed by atoms with Gasteiger partial charge < -0.3 is 19.0 Å². The number of para-hydroxylation sites is 1. The fourth-order valence-corrected chi connectivity index (χ4v) is 4.13. The molecule has 0 aliphatic heterocycles. The fraction of sp³-hybridized carbons (Fsp3) is 0.200. The van der Waals surface area contributed by atoms with Gasteiger partial charge >= 0.3 is 0 Å². The van der Waals surface area contributed by atoms with Crippen LogP contribution in [0.25, 0.3) is 17.3 Å². The molecule has 1 atom stereocenters. The molecule has 0 saturated carbocycles. The largest absolute Gasteiger partial charge is 0.493 e. The van der Waals surface area contributed by atoms with Gasteiger partial charge in [-0.2, -0.15) is 0 Å². The third kappa shape index (κ3) is 5.47. The topological polar surface area (TPSA) is 82.5 Å². The molecule has 0 saturated heterocycles. The summed E-state index contributed by atoms with van der Waals surface area (Å²) >= 11 is 1.40. The first-order valence-corrected chi connectivity index (χ1v) is 11.4. The molecule has 0 aliphatic carbocycles. The van der Waals surface area contributed by atoms with E-state index in [1.54, 1.807) is 13.4 Å². The molecule has 2 heterocycles. The Labute approximate surface area is 196 Å². The highest BCUT2D eigenvalue weighted by Crippen LogP contribution is 2.30. The van der Waals surface area contributed by atoms with Crippen molar-refractivity contribution in [2.75, 3.05) is 19.5 Å². The first-order valence-electron chi connectivity index (χ1n) is 10.5. The Morgan fingerprint density at radius 3 is 2.70 bits per heavy atom. The zero-order valence-corrected chi connectivity index (χ0v) is 19.1. The van der Waals surface area contributed by atoms with Gasteiger partial charge in [0.2, 0.25) is 5.82 Å². The lowest BCUT2D eigenvalue weighted by molar-refractivity contribution is 0.124. The number of hydrogen-bond donors (Lipinski definition) is 1. The number of aliphatic hydroxyl groups is 1. The number of hydrogen-bond acceptors (Lipinski definition) is 7. The second-order valence-electron chi connectivity index (χ2n) is 7.21. The smallest absolute Gasteiger partial charge is 0.205 e. The number of aliphatic hydroxyl groups excluding tert-OH is 1. The number of aromatic nitrogens is 3. The molecular formula is C25H25N3O4S. The van der Waals surface area contributed by atoms with Crippen molar-refractivity contribution in [1.82, 2.24) is 14.8 Å². The van der Waals surface area contributed by atoms with E-state index in [1.165, 1.54) is 11.8 Å². The first-order chi connectivity index (χ1) is 16.2. The number of nitrogens with zero attached hydrogens (tertiary/aromatic N) is 3. The summed E-state index contributed by atoms with van der Waals surface area (Å²) in [5.41, 5.74) is 1.99. The molecule has 0 fully saturated rings. The Balaban J connectivity index is 1.44. The van der Waals surface area contributed by atoms with Crippen LogP contribution in [0.2, 0.25) is 0 Å². The van der Waals surface area contributed by atoms with Gasteiger partial charge in [-0.3, -0.25) is 4.57 Å². The Kier molecular flexibility index (Phi) is 7.49. The quantitative estimate of drug-likeness (QED) is 0.253. The summed E-state index contributed by atoms with van der Waals surface area (Å²) in [4.78, 5) is 0. The van der Waals surface area contributed by atoms with E-state index in [4.69, 9.17) is 13.9 Å². The van der Waals surface area contributed by atoms with Crippen LogP contribution in [0.1, 0.15) is 5.56 Å². The van der Waals surface area contributed by atoms with Crippen LogP contribution in [0.4, 0.5) is 0 Å². The van der Waals surface area contributed by atoms with Crippen LogP contribution < -0.4 is 9.47 Å². The zero-order valence-electron chi connectivity index (χ0n) is 18.3. The number of methoxy groups -OCH3 is 1. The Morgan fingerprint density at radius 1 is 1.12 bits per heavy atom. The van der Waals surface area contributed by atoms with Gasteiger partial charge in [0, 0.05) is 11.4 Å². The lowest BCUT2D eigenvalue weighted by Gasteiger charge is -2.15. The van der Waals surface area contributed by atoms with Gasteiger partial charge in [0.25, 0.3) is 0 Å². The van der Waals surface area contributed by atoms with E-state index in [0.717, 1.165) is 17.7 Å². The molecule has 2 aromatic heterocycles. The lowest BCUT2D eigenvalue weighted by Crippen LogP contribution is -2.20. The van der Waals surface area contributed by atoms with E-state index in [9.17, 15) is 5.11 Å². The summed E-state index contributed by atoms with van der Waals surface area (Å²) in [6.07, 6.45) is 3.46. The Hall–Kier alpha value is -3.49. The van der Waals surface area contributed by atoms with Crippen molar-refractivity contribution in [1.29, 1.82) is 0 Å². The molecule has 2 aromatic carbocycles. The van der Waals surface area contributed by atoms with Crippen LogP contribution in [-0.4, -0.2) is 45.4 Å². The van der Waals surface area contributed by atoms with Crippen molar-refractivity contribution in [2.24, 2.45) is 0 Å². The summed E-state index contributed by atoms with van der Waals surface area (Å²) in [6, 6.07) is 19.2. The van der Waals surface area contributed by atoms with E-state index < -0.39 is 6.10 Å². The molecule has 33 heavy (non-hydrogen) atoms. The second-order valence-corrected chi connectivity index (χ2v) is 8.20. The van der Waals surface area contributed by atoms with Crippen molar-refractivity contribution < 1.29 is 19.0 Å². The summed E-state index contributed by atoms with van der Waals surface area (Å²) < 4.78 is 18.7. The highest BCUT2D eigenvalue weighted by atomic mass is 32.2. The third-order valence-corrected chi connectivity index (χ3v) is 5.91. The van der Waals surface area contributed by atoms with Crippen LogP contribution >= 0.6 is 11.8 Å². The molecule has 0 radical (unpaired) electrons. The van der Waals surface area contributed by atoms with E-state index in [-0.39, 0.29) is 6.61 Å². The summed E-state index contributed by atoms with van der Waals surface area (Å²) in [5, 5.41) is 19.8. The van der Waals surface area contributed by atoms with Gasteiger partial charge in [-0.25, -0.2) is 0 Å². The van der Waals surface area contributed by atoms with Crippen molar-refractivity contribution in [3.8, 4) is 28.8 Å². The van der Waals surface area contributed by atoms with E-state index in [1.807, 2.05) is 71.3 Å². The fourth-order valence-electron chi connectivity index (χ4n) is 3.27. The minimum absolute atomic E-state index is 0.120. The number of benzene rings is 2. The molecule has 0 bridgehead atoms. The average Bonchev–Trinajstić information content (AvgIpc) is 3.52. The zero-order chi connectivity index (χ0) is 23.0. The monoisotopic (exact) mass is 463 g/mol. The molecule has 4 rings (SSSR count). The highest BCUT2D eigenvalue weighted by molar-refractivity contribution is 7.99. The second kappa shape index (κ2) is 10.9. The number of furan rings is 1. The van der Waals surface area contributed by atoms with Crippen LogP contribution in [0, 0.1) is 0 Å². The van der Waals surface area contributed by atoms with Crippen LogP contribution in [0.3, 0.4) is 0 Å². The van der Waals surface area contributed by atoms with Crippen molar-refractivity contribution in [3.05, 3.63) is 85.1 Å². The molecular weight excluding hydrogens is 438 g/mol. The molecule has 1 N–H and O–H groups in total. The molecule has 0 aliphatic rings. The maximum Gasteiger partial charge on any atom is 0.205 e. The summed E-state index contributed by atoms with van der Waals surface area (Å²) in [7, 11) is 1.60. The molecule has 170 valence electrons. The molecule has 1 unspecified atom stereocenters. The van der Waals surface area contributed by atoms with E-state index in [0.29, 0.717) is 34.0 Å². The van der Waals surface area contributed by atoms with Gasteiger partial charge in [0.05, 0.1) is 19.5 Å². The number of rotatable bonds is 11. The SMILES string of the molecule is C=CCc1ccc(OCC(O)CSc2nnc(-c3ccco3)n2-c2ccccc2)c(OC)c1. The van der Waals surface area contributed by atoms with Crippen molar-refractivity contribution in [3.63, 3.8) is 0 Å². The van der Waals surface area contributed by atoms with Gasteiger partial charge in [0.1, 0.15) is 6.61 Å². The van der Waals surface area contributed by atoms with Gasteiger partial charge in [-0.1, -0.05) is 42.1 Å². The van der Waals surface area contributed by atoms with Crippen LogP contribution in [-0.2, 0) is 6.42 Å². The summed E-state index contributed by atoms with van der Waals surface area (Å²) in [5.74, 6) is 2.81. The molecule has 0 amide bonds. The first kappa shape index (κ1) is 22.7. The maximum absolute atomic E-state index is 10.6. The van der Waals surface area contributed by atoms with Crippen molar-refractivity contribution >= 4 is 11.8 Å². The van der Waals surface area contributed by atoms with Crippen LogP contribution in [0.15, 0.2) is 89.2 Å². The minimum atomic E-state index is -0.722. The average molecular weight is 464 g/mol. The third-order valence-electron chi connectivity index (χ3n) is 4.83. The summed E-state index contributed by atoms with van der Waals surface area (Å²) in [6.45, 7) is 3.88. The number of ether oxygens (including phenoxy) is 2. The maximum atomic E-state index is 10.6.